The fraction of sp³-hybridized carbons (Fsp3) is 0.345. The van der Waals surface area contributed by atoms with Crippen LogP contribution in [0.5, 0.6) is 11.5 Å². The van der Waals surface area contributed by atoms with Gasteiger partial charge in [0.05, 0.1) is 0 Å². The molecule has 3 heterocycles. The zero-order chi connectivity index (χ0) is 24.9. The second-order valence-electron chi connectivity index (χ2n) is 9.42. The SMILES string of the molecule is CN(C(=O)c1ccccn1)C(Cc1ccccc1)C1CCN(C(=O)C2COc3ccccc3O2)CC1. The highest BCUT2D eigenvalue weighted by molar-refractivity contribution is 5.92. The number of piperidine rings is 1. The Morgan fingerprint density at radius 3 is 2.39 bits per heavy atom. The molecule has 1 saturated heterocycles. The number of fused-ring (bicyclic) bond motifs is 1. The molecule has 2 aliphatic heterocycles. The molecule has 0 spiro atoms. The Kier molecular flexibility index (Phi) is 7.16. The average molecular weight is 486 g/mol. The number of likely N-dealkylation sites (tertiary alicyclic amines) is 1. The molecule has 36 heavy (non-hydrogen) atoms. The first-order valence-electron chi connectivity index (χ1n) is 12.5. The number of rotatable bonds is 6. The van der Waals surface area contributed by atoms with Crippen LogP contribution in [0.2, 0.25) is 0 Å². The minimum atomic E-state index is -0.634. The maximum absolute atomic E-state index is 13.3. The van der Waals surface area contributed by atoms with Gasteiger partial charge < -0.3 is 19.3 Å². The third-order valence-corrected chi connectivity index (χ3v) is 7.17. The molecule has 186 valence electrons. The summed E-state index contributed by atoms with van der Waals surface area (Å²) in [7, 11) is 1.87. The van der Waals surface area contributed by atoms with Crippen LogP contribution < -0.4 is 9.47 Å². The van der Waals surface area contributed by atoms with Crippen molar-refractivity contribution < 1.29 is 19.1 Å². The van der Waals surface area contributed by atoms with Gasteiger partial charge >= 0.3 is 0 Å². The van der Waals surface area contributed by atoms with Gasteiger partial charge in [-0.25, -0.2) is 0 Å². The molecule has 0 aliphatic carbocycles. The molecule has 0 saturated carbocycles. The number of pyridine rings is 1. The van der Waals surface area contributed by atoms with Gasteiger partial charge in [0.15, 0.2) is 11.5 Å². The van der Waals surface area contributed by atoms with Gasteiger partial charge in [0.1, 0.15) is 12.3 Å². The Balaban J connectivity index is 1.26. The van der Waals surface area contributed by atoms with Crippen LogP contribution in [0.15, 0.2) is 79.0 Å². The van der Waals surface area contributed by atoms with E-state index in [0.717, 1.165) is 19.3 Å². The number of benzene rings is 2. The average Bonchev–Trinajstić information content (AvgIpc) is 2.95. The van der Waals surface area contributed by atoms with Gasteiger partial charge in [-0.15, -0.1) is 0 Å². The molecule has 2 atom stereocenters. The monoisotopic (exact) mass is 485 g/mol. The lowest BCUT2D eigenvalue weighted by atomic mass is 9.84. The van der Waals surface area contributed by atoms with Crippen LogP contribution in [-0.4, -0.2) is 65.5 Å². The number of aromatic nitrogens is 1. The fourth-order valence-electron chi connectivity index (χ4n) is 5.15. The van der Waals surface area contributed by atoms with E-state index in [9.17, 15) is 9.59 Å². The molecule has 2 unspecified atom stereocenters. The molecule has 1 fully saturated rings. The highest BCUT2D eigenvalue weighted by Crippen LogP contribution is 2.32. The molecule has 2 amide bonds. The zero-order valence-corrected chi connectivity index (χ0v) is 20.5. The third-order valence-electron chi connectivity index (χ3n) is 7.17. The minimum Gasteiger partial charge on any atom is -0.485 e. The lowest BCUT2D eigenvalue weighted by Crippen LogP contribution is -2.52. The lowest BCUT2D eigenvalue weighted by molar-refractivity contribution is -0.142. The maximum Gasteiger partial charge on any atom is 0.272 e. The van der Waals surface area contributed by atoms with Crippen LogP contribution in [0.1, 0.15) is 28.9 Å². The number of ether oxygens (including phenoxy) is 2. The Morgan fingerprint density at radius 1 is 0.972 bits per heavy atom. The molecule has 7 heteroatoms. The van der Waals surface area contributed by atoms with Gasteiger partial charge in [-0.3, -0.25) is 14.6 Å². The Labute approximate surface area is 211 Å². The zero-order valence-electron chi connectivity index (χ0n) is 20.5. The van der Waals surface area contributed by atoms with Crippen molar-refractivity contribution in [2.45, 2.75) is 31.4 Å². The molecule has 0 bridgehead atoms. The summed E-state index contributed by atoms with van der Waals surface area (Å²) in [6.45, 7) is 1.47. The third kappa shape index (κ3) is 5.20. The van der Waals surface area contributed by atoms with Crippen molar-refractivity contribution in [3.8, 4) is 11.5 Å². The van der Waals surface area contributed by atoms with E-state index in [1.807, 2.05) is 71.4 Å². The summed E-state index contributed by atoms with van der Waals surface area (Å²) in [5.74, 6) is 1.41. The molecule has 7 nitrogen and oxygen atoms in total. The maximum atomic E-state index is 13.3. The number of para-hydroxylation sites is 2. The van der Waals surface area contributed by atoms with E-state index in [1.54, 1.807) is 12.3 Å². The van der Waals surface area contributed by atoms with Crippen LogP contribution in [0.4, 0.5) is 0 Å². The Morgan fingerprint density at radius 2 is 1.67 bits per heavy atom. The van der Waals surface area contributed by atoms with Crippen molar-refractivity contribution in [2.24, 2.45) is 5.92 Å². The van der Waals surface area contributed by atoms with E-state index >= 15 is 0 Å². The summed E-state index contributed by atoms with van der Waals surface area (Å²) in [4.78, 5) is 34.5. The summed E-state index contributed by atoms with van der Waals surface area (Å²) < 4.78 is 11.7. The standard InChI is InChI=1S/C29H31N3O4/c1-31(28(33)23-11-7-8-16-30-23)24(19-21-9-3-2-4-10-21)22-14-17-32(18-15-22)29(34)27-20-35-25-12-5-6-13-26(25)36-27/h2-13,16,22,24,27H,14-15,17-20H2,1H3. The number of hydrogen-bond acceptors (Lipinski definition) is 5. The molecule has 3 aromatic rings. The second kappa shape index (κ2) is 10.8. The van der Waals surface area contributed by atoms with E-state index in [-0.39, 0.29) is 30.4 Å². The summed E-state index contributed by atoms with van der Waals surface area (Å²) in [6, 6.07) is 23.1. The molecule has 1 aromatic heterocycles. The molecule has 0 N–H and O–H groups in total. The van der Waals surface area contributed by atoms with Gasteiger partial charge in [0.25, 0.3) is 11.8 Å². The second-order valence-corrected chi connectivity index (χ2v) is 9.42. The van der Waals surface area contributed by atoms with Gasteiger partial charge in [0.2, 0.25) is 6.10 Å². The molecule has 2 aromatic carbocycles. The van der Waals surface area contributed by atoms with Crippen molar-refractivity contribution in [1.82, 2.24) is 14.8 Å². The Bertz CT molecular complexity index is 1180. The van der Waals surface area contributed by atoms with Gasteiger partial charge in [0, 0.05) is 32.4 Å². The topological polar surface area (TPSA) is 72.0 Å². The van der Waals surface area contributed by atoms with E-state index in [0.29, 0.717) is 30.3 Å². The van der Waals surface area contributed by atoms with Crippen molar-refractivity contribution in [2.75, 3.05) is 26.7 Å². The van der Waals surface area contributed by atoms with Gasteiger partial charge in [-0.05, 0) is 55.0 Å². The predicted molar refractivity (Wildman–Crippen MR) is 136 cm³/mol. The molecule has 2 aliphatic rings. The number of carbonyl (C=O) groups excluding carboxylic acids is 2. The first kappa shape index (κ1) is 23.9. The van der Waals surface area contributed by atoms with Crippen molar-refractivity contribution in [1.29, 1.82) is 0 Å². The largest absolute Gasteiger partial charge is 0.485 e. The first-order valence-corrected chi connectivity index (χ1v) is 12.5. The van der Waals surface area contributed by atoms with E-state index < -0.39 is 6.10 Å². The minimum absolute atomic E-state index is 0.000277. The normalized spacial score (nSPS) is 18.4. The number of amides is 2. The highest BCUT2D eigenvalue weighted by atomic mass is 16.6. The van der Waals surface area contributed by atoms with E-state index in [2.05, 4.69) is 17.1 Å². The van der Waals surface area contributed by atoms with Gasteiger partial charge in [-0.1, -0.05) is 48.5 Å². The van der Waals surface area contributed by atoms with Crippen molar-refractivity contribution in [3.05, 3.63) is 90.3 Å². The van der Waals surface area contributed by atoms with Crippen molar-refractivity contribution in [3.63, 3.8) is 0 Å². The smallest absolute Gasteiger partial charge is 0.272 e. The van der Waals surface area contributed by atoms with Gasteiger partial charge in [-0.2, -0.15) is 0 Å². The van der Waals surface area contributed by atoms with Crippen LogP contribution in [0, 0.1) is 5.92 Å². The summed E-state index contributed by atoms with van der Waals surface area (Å²) in [5, 5.41) is 0. The molecular weight excluding hydrogens is 454 g/mol. The van der Waals surface area contributed by atoms with E-state index in [1.165, 1.54) is 5.56 Å². The lowest BCUT2D eigenvalue weighted by Gasteiger charge is -2.41. The predicted octanol–water partition coefficient (Wildman–Crippen LogP) is 3.84. The molecule has 5 rings (SSSR count). The molecule has 0 radical (unpaired) electrons. The van der Waals surface area contributed by atoms with Crippen molar-refractivity contribution >= 4 is 11.8 Å². The summed E-state index contributed by atoms with van der Waals surface area (Å²) in [5.41, 5.74) is 1.63. The number of likely N-dealkylation sites (N-methyl/N-ethyl adjacent to an activating group) is 1. The molecular formula is C29H31N3O4. The number of hydrogen-bond donors (Lipinski definition) is 0. The fourth-order valence-corrected chi connectivity index (χ4v) is 5.15. The summed E-state index contributed by atoms with van der Waals surface area (Å²) in [6.07, 6.45) is 3.39. The van der Waals surface area contributed by atoms with Crippen LogP contribution in [0.3, 0.4) is 0 Å². The van der Waals surface area contributed by atoms with Crippen LogP contribution in [-0.2, 0) is 11.2 Å². The number of carbonyl (C=O) groups is 2. The van der Waals surface area contributed by atoms with Crippen LogP contribution >= 0.6 is 0 Å². The van der Waals surface area contributed by atoms with E-state index in [4.69, 9.17) is 9.47 Å². The summed E-state index contributed by atoms with van der Waals surface area (Å²) >= 11 is 0. The number of nitrogens with zero attached hydrogens (tertiary/aromatic N) is 3. The van der Waals surface area contributed by atoms with Crippen LogP contribution in [0.25, 0.3) is 0 Å². The highest BCUT2D eigenvalue weighted by Gasteiger charge is 2.36. The quantitative estimate of drug-likeness (QED) is 0.531. The Hall–Kier alpha value is -3.87. The first-order chi connectivity index (χ1) is 17.6.